The fourth-order valence-corrected chi connectivity index (χ4v) is 3.55. The second kappa shape index (κ2) is 7.40. The summed E-state index contributed by atoms with van der Waals surface area (Å²) in [5.74, 6) is -0.0212. The molecule has 0 saturated carbocycles. The van der Waals surface area contributed by atoms with Gasteiger partial charge >= 0.3 is 0 Å². The summed E-state index contributed by atoms with van der Waals surface area (Å²) in [6.07, 6.45) is 4.65. The number of amides is 1. The fourth-order valence-electron chi connectivity index (χ4n) is 2.64. The van der Waals surface area contributed by atoms with E-state index >= 15 is 0 Å². The average Bonchev–Trinajstić information content (AvgIpc) is 3.05. The summed E-state index contributed by atoms with van der Waals surface area (Å²) < 4.78 is 0. The molecule has 1 N–H and O–H groups in total. The van der Waals surface area contributed by atoms with Crippen LogP contribution in [-0.2, 0) is 6.42 Å². The van der Waals surface area contributed by atoms with E-state index in [1.807, 2.05) is 30.3 Å². The molecule has 1 aliphatic heterocycles. The van der Waals surface area contributed by atoms with Crippen molar-refractivity contribution in [2.45, 2.75) is 25.7 Å². The first-order chi connectivity index (χ1) is 10.8. The van der Waals surface area contributed by atoms with Gasteiger partial charge in [0.2, 0.25) is 0 Å². The third-order valence-corrected chi connectivity index (χ3v) is 4.82. The molecule has 1 aromatic heterocycles. The largest absolute Gasteiger partial charge is 0.352 e. The molecule has 1 fully saturated rings. The number of carbonyl (C=O) groups is 1. The summed E-state index contributed by atoms with van der Waals surface area (Å²) in [4.78, 5) is 19.0. The van der Waals surface area contributed by atoms with E-state index in [-0.39, 0.29) is 5.91 Å². The van der Waals surface area contributed by atoms with Crippen molar-refractivity contribution >= 4 is 22.4 Å². The SMILES string of the molecule is O=C(NCCc1csc(N2CCCCC2)n1)c1ccccc1. The van der Waals surface area contributed by atoms with Gasteiger partial charge in [-0.2, -0.15) is 0 Å². The van der Waals surface area contributed by atoms with Gasteiger partial charge in [0.1, 0.15) is 0 Å². The highest BCUT2D eigenvalue weighted by Crippen LogP contribution is 2.24. The van der Waals surface area contributed by atoms with Crippen LogP contribution in [0.1, 0.15) is 35.3 Å². The van der Waals surface area contributed by atoms with Crippen LogP contribution in [0.15, 0.2) is 35.7 Å². The Morgan fingerprint density at radius 1 is 1.18 bits per heavy atom. The first kappa shape index (κ1) is 15.0. The maximum Gasteiger partial charge on any atom is 0.251 e. The molecule has 1 amide bonds. The minimum Gasteiger partial charge on any atom is -0.352 e. The van der Waals surface area contributed by atoms with Crippen LogP contribution in [0.4, 0.5) is 5.13 Å². The van der Waals surface area contributed by atoms with Gasteiger partial charge in [0.25, 0.3) is 5.91 Å². The van der Waals surface area contributed by atoms with Crippen LogP contribution in [0.3, 0.4) is 0 Å². The maximum atomic E-state index is 12.0. The quantitative estimate of drug-likeness (QED) is 0.922. The number of aromatic nitrogens is 1. The van der Waals surface area contributed by atoms with E-state index in [1.54, 1.807) is 11.3 Å². The predicted octanol–water partition coefficient (Wildman–Crippen LogP) is 3.11. The highest BCUT2D eigenvalue weighted by atomic mass is 32.1. The molecule has 3 rings (SSSR count). The topological polar surface area (TPSA) is 45.2 Å². The number of benzene rings is 1. The lowest BCUT2D eigenvalue weighted by Crippen LogP contribution is -2.29. The number of thiazole rings is 1. The molecule has 1 aliphatic rings. The molecule has 1 saturated heterocycles. The number of nitrogens with zero attached hydrogens (tertiary/aromatic N) is 2. The van der Waals surface area contributed by atoms with E-state index in [1.165, 1.54) is 19.3 Å². The molecule has 22 heavy (non-hydrogen) atoms. The van der Waals surface area contributed by atoms with Crippen molar-refractivity contribution in [2.75, 3.05) is 24.5 Å². The van der Waals surface area contributed by atoms with Gasteiger partial charge < -0.3 is 10.2 Å². The van der Waals surface area contributed by atoms with Crippen molar-refractivity contribution in [3.8, 4) is 0 Å². The van der Waals surface area contributed by atoms with Gasteiger partial charge in [-0.1, -0.05) is 18.2 Å². The maximum absolute atomic E-state index is 12.0. The van der Waals surface area contributed by atoms with E-state index in [0.717, 1.165) is 30.3 Å². The first-order valence-electron chi connectivity index (χ1n) is 7.85. The van der Waals surface area contributed by atoms with Crippen LogP contribution in [0.2, 0.25) is 0 Å². The highest BCUT2D eigenvalue weighted by molar-refractivity contribution is 7.13. The summed E-state index contributed by atoms with van der Waals surface area (Å²) in [5, 5.41) is 6.19. The molecule has 0 radical (unpaired) electrons. The van der Waals surface area contributed by atoms with Crippen LogP contribution < -0.4 is 10.2 Å². The van der Waals surface area contributed by atoms with E-state index in [2.05, 4.69) is 15.6 Å². The molecule has 0 spiro atoms. The second-order valence-corrected chi connectivity index (χ2v) is 6.38. The lowest BCUT2D eigenvalue weighted by molar-refractivity contribution is 0.0954. The van der Waals surface area contributed by atoms with Crippen molar-refractivity contribution < 1.29 is 4.79 Å². The third-order valence-electron chi connectivity index (χ3n) is 3.87. The van der Waals surface area contributed by atoms with E-state index in [4.69, 9.17) is 4.98 Å². The number of hydrogen-bond acceptors (Lipinski definition) is 4. The van der Waals surface area contributed by atoms with Crippen LogP contribution in [-0.4, -0.2) is 30.5 Å². The van der Waals surface area contributed by atoms with Gasteiger partial charge in [-0.25, -0.2) is 4.98 Å². The lowest BCUT2D eigenvalue weighted by atomic mass is 10.1. The number of anilines is 1. The van der Waals surface area contributed by atoms with Crippen LogP contribution in [0.5, 0.6) is 0 Å². The van der Waals surface area contributed by atoms with E-state index in [0.29, 0.717) is 12.1 Å². The summed E-state index contributed by atoms with van der Waals surface area (Å²) >= 11 is 1.71. The lowest BCUT2D eigenvalue weighted by Gasteiger charge is -2.25. The zero-order chi connectivity index (χ0) is 15.2. The summed E-state index contributed by atoms with van der Waals surface area (Å²) in [6, 6.07) is 9.31. The number of hydrogen-bond donors (Lipinski definition) is 1. The van der Waals surface area contributed by atoms with Crippen molar-refractivity contribution in [1.82, 2.24) is 10.3 Å². The van der Waals surface area contributed by atoms with Gasteiger partial charge in [-0.3, -0.25) is 4.79 Å². The predicted molar refractivity (Wildman–Crippen MR) is 90.7 cm³/mol. The normalized spacial score (nSPS) is 14.8. The monoisotopic (exact) mass is 315 g/mol. The number of piperidine rings is 1. The Hall–Kier alpha value is -1.88. The van der Waals surface area contributed by atoms with Crippen LogP contribution in [0.25, 0.3) is 0 Å². The van der Waals surface area contributed by atoms with Gasteiger partial charge in [-0.05, 0) is 31.4 Å². The summed E-state index contributed by atoms with van der Waals surface area (Å²) in [7, 11) is 0. The molecule has 0 bridgehead atoms. The minimum absolute atomic E-state index is 0.0212. The smallest absolute Gasteiger partial charge is 0.251 e. The number of rotatable bonds is 5. The molecular weight excluding hydrogens is 294 g/mol. The third kappa shape index (κ3) is 3.85. The van der Waals surface area contributed by atoms with Gasteiger partial charge in [-0.15, -0.1) is 11.3 Å². The number of nitrogens with one attached hydrogen (secondary N) is 1. The van der Waals surface area contributed by atoms with Crippen LogP contribution >= 0.6 is 11.3 Å². The zero-order valence-electron chi connectivity index (χ0n) is 12.6. The van der Waals surface area contributed by atoms with Crippen molar-refractivity contribution in [2.24, 2.45) is 0 Å². The summed E-state index contributed by atoms with van der Waals surface area (Å²) in [5.41, 5.74) is 1.77. The van der Waals surface area contributed by atoms with E-state index < -0.39 is 0 Å². The molecule has 2 heterocycles. The van der Waals surface area contributed by atoms with Gasteiger partial charge in [0.15, 0.2) is 5.13 Å². The Bertz CT molecular complexity index is 605. The molecule has 1 aromatic carbocycles. The molecule has 116 valence electrons. The Labute approximate surface area is 135 Å². The fraction of sp³-hybridized carbons (Fsp3) is 0.412. The molecule has 2 aromatic rings. The van der Waals surface area contributed by atoms with E-state index in [9.17, 15) is 4.79 Å². The molecule has 5 heteroatoms. The molecular formula is C17H21N3OS. The molecule has 0 unspecified atom stereocenters. The minimum atomic E-state index is -0.0212. The Kier molecular flexibility index (Phi) is 5.06. The van der Waals surface area contributed by atoms with Crippen molar-refractivity contribution in [3.63, 3.8) is 0 Å². The van der Waals surface area contributed by atoms with Gasteiger partial charge in [0, 0.05) is 37.0 Å². The van der Waals surface area contributed by atoms with Crippen molar-refractivity contribution in [3.05, 3.63) is 47.0 Å². The Morgan fingerprint density at radius 3 is 2.73 bits per heavy atom. The molecule has 0 atom stereocenters. The molecule has 0 aliphatic carbocycles. The highest BCUT2D eigenvalue weighted by Gasteiger charge is 2.14. The summed E-state index contributed by atoms with van der Waals surface area (Å²) in [6.45, 7) is 2.87. The Morgan fingerprint density at radius 2 is 1.95 bits per heavy atom. The second-order valence-electron chi connectivity index (χ2n) is 5.54. The zero-order valence-corrected chi connectivity index (χ0v) is 13.4. The standard InChI is InChI=1S/C17H21N3OS/c21-16(14-7-3-1-4-8-14)18-10-9-15-13-22-17(19-15)20-11-5-2-6-12-20/h1,3-4,7-8,13H,2,5-6,9-12H2,(H,18,21). The first-order valence-corrected chi connectivity index (χ1v) is 8.73. The average molecular weight is 315 g/mol. The molecule has 4 nitrogen and oxygen atoms in total. The van der Waals surface area contributed by atoms with Crippen molar-refractivity contribution in [1.29, 1.82) is 0 Å². The van der Waals surface area contributed by atoms with Crippen LogP contribution in [0, 0.1) is 0 Å². The Balaban J connectivity index is 1.48. The number of carbonyl (C=O) groups excluding carboxylic acids is 1. The van der Waals surface area contributed by atoms with Gasteiger partial charge in [0.05, 0.1) is 5.69 Å².